The van der Waals surface area contributed by atoms with Crippen LogP contribution >= 0.6 is 0 Å². The van der Waals surface area contributed by atoms with E-state index in [2.05, 4.69) is 0 Å². The summed E-state index contributed by atoms with van der Waals surface area (Å²) in [6.07, 6.45) is 9.72. The standard InChI is InChI=1S/C12H20O2/c13-12-7-3-6-11(12,8-9-14-12)10-4-1-2-5-10/h10,13H,1-9H2. The Kier molecular flexibility index (Phi) is 1.94. The molecule has 0 radical (unpaired) electrons. The summed E-state index contributed by atoms with van der Waals surface area (Å²) in [7, 11) is 0. The zero-order valence-electron chi connectivity index (χ0n) is 8.80. The lowest BCUT2D eigenvalue weighted by Gasteiger charge is -2.39. The zero-order valence-corrected chi connectivity index (χ0v) is 8.80. The van der Waals surface area contributed by atoms with Crippen LogP contribution < -0.4 is 0 Å². The van der Waals surface area contributed by atoms with Gasteiger partial charge in [0.2, 0.25) is 0 Å². The van der Waals surface area contributed by atoms with Gasteiger partial charge in [0.05, 0.1) is 6.61 Å². The first-order valence-electron chi connectivity index (χ1n) is 6.13. The fourth-order valence-corrected chi connectivity index (χ4v) is 4.23. The molecule has 2 heteroatoms. The van der Waals surface area contributed by atoms with Crippen LogP contribution in [0.15, 0.2) is 0 Å². The Morgan fingerprint density at radius 3 is 2.57 bits per heavy atom. The molecule has 3 fully saturated rings. The van der Waals surface area contributed by atoms with Gasteiger partial charge in [0.15, 0.2) is 5.79 Å². The van der Waals surface area contributed by atoms with Gasteiger partial charge in [-0.15, -0.1) is 0 Å². The summed E-state index contributed by atoms with van der Waals surface area (Å²) >= 11 is 0. The van der Waals surface area contributed by atoms with Gasteiger partial charge in [-0.05, 0) is 38.0 Å². The van der Waals surface area contributed by atoms with E-state index in [1.807, 2.05) is 0 Å². The Morgan fingerprint density at radius 2 is 1.79 bits per heavy atom. The van der Waals surface area contributed by atoms with Crippen molar-refractivity contribution in [2.45, 2.75) is 57.2 Å². The predicted molar refractivity (Wildman–Crippen MR) is 53.8 cm³/mol. The molecule has 80 valence electrons. The van der Waals surface area contributed by atoms with Crippen molar-refractivity contribution in [3.05, 3.63) is 0 Å². The Balaban J connectivity index is 1.92. The maximum Gasteiger partial charge on any atom is 0.171 e. The second-order valence-electron chi connectivity index (χ2n) is 5.37. The fourth-order valence-electron chi connectivity index (χ4n) is 4.23. The van der Waals surface area contributed by atoms with Crippen molar-refractivity contribution < 1.29 is 9.84 Å². The molecular weight excluding hydrogens is 176 g/mol. The van der Waals surface area contributed by atoms with Gasteiger partial charge in [-0.25, -0.2) is 0 Å². The number of hydrogen-bond donors (Lipinski definition) is 1. The maximum absolute atomic E-state index is 10.5. The summed E-state index contributed by atoms with van der Waals surface area (Å²) in [6.45, 7) is 0.785. The zero-order chi connectivity index (χ0) is 9.65. The second-order valence-corrected chi connectivity index (χ2v) is 5.37. The summed E-state index contributed by atoms with van der Waals surface area (Å²) in [5.74, 6) is 0.0136. The first kappa shape index (κ1) is 9.17. The molecule has 1 N–H and O–H groups in total. The predicted octanol–water partition coefficient (Wildman–Crippen LogP) is 2.46. The highest BCUT2D eigenvalue weighted by molar-refractivity contribution is 5.06. The second kappa shape index (κ2) is 2.96. The average Bonchev–Trinajstić information content (AvgIpc) is 2.75. The molecule has 0 bridgehead atoms. The van der Waals surface area contributed by atoms with Gasteiger partial charge in [0, 0.05) is 11.8 Å². The number of hydrogen-bond acceptors (Lipinski definition) is 2. The quantitative estimate of drug-likeness (QED) is 0.698. The van der Waals surface area contributed by atoms with Crippen LogP contribution in [0.5, 0.6) is 0 Å². The molecule has 0 spiro atoms. The SMILES string of the molecule is OC12CCCC1(C1CCCC1)CCO2. The Labute approximate surface area is 85.6 Å². The van der Waals surface area contributed by atoms with E-state index in [0.717, 1.165) is 31.8 Å². The van der Waals surface area contributed by atoms with E-state index in [1.165, 1.54) is 32.1 Å². The van der Waals surface area contributed by atoms with Crippen LogP contribution in [0.4, 0.5) is 0 Å². The maximum atomic E-state index is 10.5. The summed E-state index contributed by atoms with van der Waals surface area (Å²) < 4.78 is 5.64. The van der Waals surface area contributed by atoms with E-state index in [0.29, 0.717) is 0 Å². The first-order chi connectivity index (χ1) is 6.77. The minimum atomic E-state index is -0.734. The fraction of sp³-hybridized carbons (Fsp3) is 1.00. The molecule has 2 unspecified atom stereocenters. The molecule has 2 nitrogen and oxygen atoms in total. The number of aliphatic hydroxyl groups is 1. The molecule has 1 saturated heterocycles. The molecule has 0 aromatic rings. The van der Waals surface area contributed by atoms with E-state index in [-0.39, 0.29) is 5.41 Å². The summed E-state index contributed by atoms with van der Waals surface area (Å²) in [6, 6.07) is 0. The molecule has 1 aliphatic heterocycles. The molecule has 2 atom stereocenters. The van der Waals surface area contributed by atoms with Crippen LogP contribution in [0.25, 0.3) is 0 Å². The Hall–Kier alpha value is -0.0800. The van der Waals surface area contributed by atoms with Crippen molar-refractivity contribution in [2.24, 2.45) is 11.3 Å². The molecule has 3 rings (SSSR count). The highest BCUT2D eigenvalue weighted by Crippen LogP contribution is 2.61. The topological polar surface area (TPSA) is 29.5 Å². The van der Waals surface area contributed by atoms with Crippen LogP contribution in [0, 0.1) is 11.3 Å². The third-order valence-electron chi connectivity index (χ3n) is 4.94. The highest BCUT2D eigenvalue weighted by atomic mass is 16.6. The number of ether oxygens (including phenoxy) is 1. The van der Waals surface area contributed by atoms with Crippen LogP contribution in [0.2, 0.25) is 0 Å². The molecular formula is C12H20O2. The molecule has 3 aliphatic rings. The van der Waals surface area contributed by atoms with E-state index in [4.69, 9.17) is 4.74 Å². The van der Waals surface area contributed by atoms with Crippen molar-refractivity contribution in [1.29, 1.82) is 0 Å². The molecule has 2 aliphatic carbocycles. The lowest BCUT2D eigenvalue weighted by molar-refractivity contribution is -0.224. The molecule has 2 saturated carbocycles. The van der Waals surface area contributed by atoms with Gasteiger partial charge < -0.3 is 9.84 Å². The molecule has 0 aromatic carbocycles. The van der Waals surface area contributed by atoms with Crippen LogP contribution in [-0.2, 0) is 4.74 Å². The number of fused-ring (bicyclic) bond motifs is 1. The van der Waals surface area contributed by atoms with Crippen LogP contribution in [0.1, 0.15) is 51.4 Å². The number of rotatable bonds is 1. The van der Waals surface area contributed by atoms with E-state index < -0.39 is 5.79 Å². The normalized spacial score (nSPS) is 48.6. The van der Waals surface area contributed by atoms with Crippen molar-refractivity contribution in [2.75, 3.05) is 6.61 Å². The van der Waals surface area contributed by atoms with E-state index >= 15 is 0 Å². The highest BCUT2D eigenvalue weighted by Gasteiger charge is 2.61. The first-order valence-corrected chi connectivity index (χ1v) is 6.13. The van der Waals surface area contributed by atoms with E-state index in [9.17, 15) is 5.11 Å². The average molecular weight is 196 g/mol. The third kappa shape index (κ3) is 0.989. The lowest BCUT2D eigenvalue weighted by atomic mass is 9.69. The largest absolute Gasteiger partial charge is 0.365 e. The summed E-state index contributed by atoms with van der Waals surface area (Å²) in [4.78, 5) is 0. The minimum absolute atomic E-state index is 0.156. The van der Waals surface area contributed by atoms with Gasteiger partial charge >= 0.3 is 0 Å². The van der Waals surface area contributed by atoms with Crippen molar-refractivity contribution >= 4 is 0 Å². The van der Waals surface area contributed by atoms with Crippen molar-refractivity contribution in [3.8, 4) is 0 Å². The van der Waals surface area contributed by atoms with Crippen LogP contribution in [-0.4, -0.2) is 17.5 Å². The Bertz CT molecular complexity index is 220. The van der Waals surface area contributed by atoms with Gasteiger partial charge in [-0.2, -0.15) is 0 Å². The van der Waals surface area contributed by atoms with Gasteiger partial charge in [-0.1, -0.05) is 12.8 Å². The monoisotopic (exact) mass is 196 g/mol. The molecule has 0 amide bonds. The summed E-state index contributed by atoms with van der Waals surface area (Å²) in [5, 5.41) is 10.5. The lowest BCUT2D eigenvalue weighted by Crippen LogP contribution is -2.44. The summed E-state index contributed by atoms with van der Waals surface area (Å²) in [5.41, 5.74) is 0.156. The molecule has 14 heavy (non-hydrogen) atoms. The van der Waals surface area contributed by atoms with Crippen LogP contribution in [0.3, 0.4) is 0 Å². The third-order valence-corrected chi connectivity index (χ3v) is 4.94. The van der Waals surface area contributed by atoms with Gasteiger partial charge in [-0.3, -0.25) is 0 Å². The molecule has 1 heterocycles. The molecule has 0 aromatic heterocycles. The minimum Gasteiger partial charge on any atom is -0.365 e. The van der Waals surface area contributed by atoms with Crippen molar-refractivity contribution in [3.63, 3.8) is 0 Å². The van der Waals surface area contributed by atoms with E-state index in [1.54, 1.807) is 0 Å². The van der Waals surface area contributed by atoms with Gasteiger partial charge in [0.1, 0.15) is 0 Å². The smallest absolute Gasteiger partial charge is 0.171 e. The van der Waals surface area contributed by atoms with Crippen molar-refractivity contribution in [1.82, 2.24) is 0 Å². The van der Waals surface area contributed by atoms with Gasteiger partial charge in [0.25, 0.3) is 0 Å². The Morgan fingerprint density at radius 1 is 1.00 bits per heavy atom.